The van der Waals surface area contributed by atoms with Crippen molar-refractivity contribution in [2.45, 2.75) is 12.8 Å². The molecule has 3 aromatic rings. The minimum Gasteiger partial charge on any atom is -0.497 e. The van der Waals surface area contributed by atoms with E-state index in [0.29, 0.717) is 34.4 Å². The maximum Gasteiger partial charge on any atom is 0.306 e. The molecule has 0 spiro atoms. The minimum atomic E-state index is -0.671. The van der Waals surface area contributed by atoms with Crippen molar-refractivity contribution in [2.24, 2.45) is 0 Å². The third kappa shape index (κ3) is 8.46. The van der Waals surface area contributed by atoms with Gasteiger partial charge in [-0.1, -0.05) is 0 Å². The van der Waals surface area contributed by atoms with Crippen molar-refractivity contribution in [3.63, 3.8) is 0 Å². The predicted octanol–water partition coefficient (Wildman–Crippen LogP) is 4.41. The van der Waals surface area contributed by atoms with Gasteiger partial charge >= 0.3 is 5.97 Å². The van der Waals surface area contributed by atoms with E-state index in [9.17, 15) is 14.4 Å². The van der Waals surface area contributed by atoms with Gasteiger partial charge in [0.25, 0.3) is 5.91 Å². The van der Waals surface area contributed by atoms with Crippen LogP contribution >= 0.6 is 0 Å². The van der Waals surface area contributed by atoms with Crippen molar-refractivity contribution in [1.82, 2.24) is 0 Å². The Kier molecular flexibility index (Phi) is 9.72. The van der Waals surface area contributed by atoms with E-state index in [1.165, 1.54) is 14.2 Å². The molecule has 194 valence electrons. The van der Waals surface area contributed by atoms with Crippen LogP contribution in [0.5, 0.6) is 28.7 Å². The Morgan fingerprint density at radius 1 is 0.649 bits per heavy atom. The zero-order valence-electron chi connectivity index (χ0n) is 20.7. The highest BCUT2D eigenvalue weighted by molar-refractivity contribution is 5.95. The summed E-state index contributed by atoms with van der Waals surface area (Å²) in [5, 5.41) is 5.30. The molecule has 37 heavy (non-hydrogen) atoms. The van der Waals surface area contributed by atoms with Gasteiger partial charge in [-0.2, -0.15) is 0 Å². The van der Waals surface area contributed by atoms with Gasteiger partial charge in [-0.15, -0.1) is 0 Å². The van der Waals surface area contributed by atoms with E-state index < -0.39 is 18.5 Å². The lowest BCUT2D eigenvalue weighted by atomic mass is 10.2. The Labute approximate surface area is 214 Å². The molecule has 0 saturated carbocycles. The first-order chi connectivity index (χ1) is 17.9. The first kappa shape index (κ1) is 26.9. The standard InChI is InChI=1S/C27H28N2O8/c1-33-19-8-10-21(11-9-19)37-20-6-4-18(5-7-20)28-25(30)14-15-27(32)36-17-26(31)29-23-13-12-22(34-2)16-24(23)35-3/h4-13,16H,14-15,17H2,1-3H3,(H,28,30)(H,29,31). The summed E-state index contributed by atoms with van der Waals surface area (Å²) in [6.07, 6.45) is -0.277. The zero-order valence-corrected chi connectivity index (χ0v) is 20.7. The Bertz CT molecular complexity index is 1210. The quantitative estimate of drug-likeness (QED) is 0.345. The lowest BCUT2D eigenvalue weighted by molar-refractivity contribution is -0.147. The molecule has 10 nitrogen and oxygen atoms in total. The molecule has 3 aromatic carbocycles. The Morgan fingerprint density at radius 2 is 1.24 bits per heavy atom. The highest BCUT2D eigenvalue weighted by atomic mass is 16.5. The molecule has 0 aliphatic rings. The lowest BCUT2D eigenvalue weighted by Crippen LogP contribution is -2.22. The van der Waals surface area contributed by atoms with Gasteiger partial charge in [0.05, 0.1) is 33.4 Å². The number of benzene rings is 3. The number of rotatable bonds is 12. The third-order valence-corrected chi connectivity index (χ3v) is 5.04. The van der Waals surface area contributed by atoms with Gasteiger partial charge in [-0.25, -0.2) is 0 Å². The number of carbonyl (C=O) groups is 3. The molecule has 3 rings (SSSR count). The molecule has 0 fully saturated rings. The van der Waals surface area contributed by atoms with E-state index in [1.54, 1.807) is 73.8 Å². The molecule has 0 aliphatic heterocycles. The number of hydrogen-bond donors (Lipinski definition) is 2. The van der Waals surface area contributed by atoms with Crippen LogP contribution in [0.15, 0.2) is 66.7 Å². The summed E-state index contributed by atoms with van der Waals surface area (Å²) in [5.41, 5.74) is 0.956. The van der Waals surface area contributed by atoms with Crippen LogP contribution in [0.25, 0.3) is 0 Å². The van der Waals surface area contributed by atoms with Crippen LogP contribution in [-0.2, 0) is 19.1 Å². The number of esters is 1. The van der Waals surface area contributed by atoms with Gasteiger partial charge in [0.15, 0.2) is 6.61 Å². The lowest BCUT2D eigenvalue weighted by Gasteiger charge is -2.12. The van der Waals surface area contributed by atoms with E-state index in [4.69, 9.17) is 23.7 Å². The summed E-state index contributed by atoms with van der Waals surface area (Å²) in [7, 11) is 4.57. The first-order valence-corrected chi connectivity index (χ1v) is 11.3. The molecule has 0 aliphatic carbocycles. The van der Waals surface area contributed by atoms with Crippen LogP contribution in [0.1, 0.15) is 12.8 Å². The van der Waals surface area contributed by atoms with Crippen molar-refractivity contribution in [3.05, 3.63) is 66.7 Å². The summed E-state index contributed by atoms with van der Waals surface area (Å²) in [6, 6.07) is 18.8. The molecule has 0 unspecified atom stereocenters. The molecule has 0 saturated heterocycles. The Balaban J connectivity index is 1.38. The van der Waals surface area contributed by atoms with Gasteiger partial charge in [0.1, 0.15) is 28.7 Å². The predicted molar refractivity (Wildman–Crippen MR) is 137 cm³/mol. The second kappa shape index (κ2) is 13.4. The topological polar surface area (TPSA) is 121 Å². The number of methoxy groups -OCH3 is 3. The van der Waals surface area contributed by atoms with Crippen molar-refractivity contribution >= 4 is 29.2 Å². The van der Waals surface area contributed by atoms with E-state index in [0.717, 1.165) is 5.75 Å². The number of ether oxygens (including phenoxy) is 5. The van der Waals surface area contributed by atoms with E-state index in [1.807, 2.05) is 0 Å². The van der Waals surface area contributed by atoms with Crippen LogP contribution in [-0.4, -0.2) is 45.7 Å². The van der Waals surface area contributed by atoms with Crippen LogP contribution in [0, 0.1) is 0 Å². The molecule has 10 heteroatoms. The van der Waals surface area contributed by atoms with Crippen molar-refractivity contribution in [1.29, 1.82) is 0 Å². The van der Waals surface area contributed by atoms with Gasteiger partial charge in [0, 0.05) is 18.2 Å². The van der Waals surface area contributed by atoms with Crippen molar-refractivity contribution in [2.75, 3.05) is 38.6 Å². The van der Waals surface area contributed by atoms with Crippen LogP contribution in [0.3, 0.4) is 0 Å². The molecule has 0 atom stereocenters. The second-order valence-electron chi connectivity index (χ2n) is 7.63. The number of nitrogens with one attached hydrogen (secondary N) is 2. The highest BCUT2D eigenvalue weighted by Crippen LogP contribution is 2.29. The van der Waals surface area contributed by atoms with Gasteiger partial charge in [-0.05, 0) is 60.7 Å². The molecule has 0 bridgehead atoms. The number of amides is 2. The van der Waals surface area contributed by atoms with Crippen molar-refractivity contribution in [3.8, 4) is 28.7 Å². The monoisotopic (exact) mass is 508 g/mol. The fourth-order valence-electron chi connectivity index (χ4n) is 3.13. The maximum atomic E-state index is 12.2. The molecule has 0 radical (unpaired) electrons. The molecule has 2 amide bonds. The number of hydrogen-bond acceptors (Lipinski definition) is 8. The van der Waals surface area contributed by atoms with Gasteiger partial charge in [-0.3, -0.25) is 14.4 Å². The zero-order chi connectivity index (χ0) is 26.6. The summed E-state index contributed by atoms with van der Waals surface area (Å²) < 4.78 is 26.1. The van der Waals surface area contributed by atoms with Crippen LogP contribution in [0.2, 0.25) is 0 Å². The van der Waals surface area contributed by atoms with Crippen LogP contribution < -0.4 is 29.6 Å². The Hall–Kier alpha value is -4.73. The fourth-order valence-corrected chi connectivity index (χ4v) is 3.13. The second-order valence-corrected chi connectivity index (χ2v) is 7.63. The average molecular weight is 509 g/mol. The molecule has 0 heterocycles. The van der Waals surface area contributed by atoms with Crippen molar-refractivity contribution < 1.29 is 38.1 Å². The normalized spacial score (nSPS) is 10.1. The Morgan fingerprint density at radius 3 is 1.86 bits per heavy atom. The average Bonchev–Trinajstić information content (AvgIpc) is 2.92. The third-order valence-electron chi connectivity index (χ3n) is 5.04. The smallest absolute Gasteiger partial charge is 0.306 e. The van der Waals surface area contributed by atoms with Crippen LogP contribution in [0.4, 0.5) is 11.4 Å². The number of anilines is 2. The summed E-state index contributed by atoms with van der Waals surface area (Å²) in [6.45, 7) is -0.495. The SMILES string of the molecule is COc1ccc(Oc2ccc(NC(=O)CCC(=O)OCC(=O)Nc3ccc(OC)cc3OC)cc2)cc1. The number of carbonyl (C=O) groups excluding carboxylic acids is 3. The highest BCUT2D eigenvalue weighted by Gasteiger charge is 2.13. The largest absolute Gasteiger partial charge is 0.497 e. The molecular weight excluding hydrogens is 480 g/mol. The molecular formula is C27H28N2O8. The molecule has 2 N–H and O–H groups in total. The maximum absolute atomic E-state index is 12.2. The summed E-state index contributed by atoms with van der Waals surface area (Å²) >= 11 is 0. The summed E-state index contributed by atoms with van der Waals surface area (Å²) in [4.78, 5) is 36.3. The van der Waals surface area contributed by atoms with E-state index in [-0.39, 0.29) is 18.7 Å². The molecule has 0 aromatic heterocycles. The first-order valence-electron chi connectivity index (χ1n) is 11.3. The minimum absolute atomic E-state index is 0.100. The fraction of sp³-hybridized carbons (Fsp3) is 0.222. The van der Waals surface area contributed by atoms with Gasteiger partial charge in [0.2, 0.25) is 5.91 Å². The van der Waals surface area contributed by atoms with E-state index in [2.05, 4.69) is 10.6 Å². The van der Waals surface area contributed by atoms with E-state index >= 15 is 0 Å². The van der Waals surface area contributed by atoms with Gasteiger partial charge < -0.3 is 34.3 Å². The summed E-state index contributed by atoms with van der Waals surface area (Å²) in [5.74, 6) is 1.35.